The Hall–Kier alpha value is -2.36. The van der Waals surface area contributed by atoms with Crippen molar-refractivity contribution in [1.82, 2.24) is 9.55 Å². The minimum Gasteiger partial charge on any atom is -0.342 e. The number of nitrogens with one attached hydrogen (secondary N) is 1. The number of fused-ring (bicyclic) bond motifs is 1. The van der Waals surface area contributed by atoms with Gasteiger partial charge in [-0.05, 0) is 38.5 Å². The largest absolute Gasteiger partial charge is 0.342 e. The maximum atomic E-state index is 13.2. The summed E-state index contributed by atoms with van der Waals surface area (Å²) in [5.74, 6) is -0.252. The Labute approximate surface area is 122 Å². The molecule has 0 aliphatic heterocycles. The van der Waals surface area contributed by atoms with Gasteiger partial charge in [0, 0.05) is 34.9 Å². The molecule has 0 radical (unpaired) electrons. The molecule has 0 bridgehead atoms. The van der Waals surface area contributed by atoms with Crippen LogP contribution in [0.1, 0.15) is 25.6 Å². The van der Waals surface area contributed by atoms with E-state index in [0.29, 0.717) is 0 Å². The Kier molecular flexibility index (Phi) is 3.16. The van der Waals surface area contributed by atoms with Gasteiger partial charge in [-0.3, -0.25) is 4.79 Å². The molecule has 4 heteroatoms. The highest BCUT2D eigenvalue weighted by Crippen LogP contribution is 2.35. The molecule has 1 aromatic carbocycles. The Balaban J connectivity index is 2.40. The third-order valence-corrected chi connectivity index (χ3v) is 3.80. The standard InChI is InChI=1S/C17H17FN2O/c1-10(2)20-11(3)17(12-4-6-13(18)7-5-12)14-9-19-16(21)8-15(14)20/h4-10H,1-3H3,(H,19,21). The van der Waals surface area contributed by atoms with Gasteiger partial charge in [-0.1, -0.05) is 12.1 Å². The van der Waals surface area contributed by atoms with E-state index in [4.69, 9.17) is 0 Å². The van der Waals surface area contributed by atoms with E-state index in [2.05, 4.69) is 23.4 Å². The monoisotopic (exact) mass is 284 g/mol. The summed E-state index contributed by atoms with van der Waals surface area (Å²) in [7, 11) is 0. The number of hydrogen-bond acceptors (Lipinski definition) is 1. The summed E-state index contributed by atoms with van der Waals surface area (Å²) < 4.78 is 15.3. The minimum atomic E-state index is -0.252. The Bertz CT molecular complexity index is 857. The number of pyridine rings is 1. The predicted molar refractivity (Wildman–Crippen MR) is 83.1 cm³/mol. The van der Waals surface area contributed by atoms with Crippen molar-refractivity contribution >= 4 is 10.9 Å². The number of H-pyrrole nitrogens is 1. The van der Waals surface area contributed by atoms with Crippen LogP contribution < -0.4 is 5.56 Å². The van der Waals surface area contributed by atoms with Crippen LogP contribution in [-0.4, -0.2) is 9.55 Å². The zero-order valence-corrected chi connectivity index (χ0v) is 12.3. The molecule has 3 nitrogen and oxygen atoms in total. The first kappa shape index (κ1) is 13.6. The van der Waals surface area contributed by atoms with Crippen LogP contribution in [0.25, 0.3) is 22.0 Å². The predicted octanol–water partition coefficient (Wildman–Crippen LogP) is 4.03. The summed E-state index contributed by atoms with van der Waals surface area (Å²) in [6.45, 7) is 6.20. The van der Waals surface area contributed by atoms with Gasteiger partial charge in [0.25, 0.3) is 0 Å². The fourth-order valence-electron chi connectivity index (χ4n) is 3.00. The van der Waals surface area contributed by atoms with Crippen LogP contribution in [0, 0.1) is 12.7 Å². The number of nitrogens with zero attached hydrogens (tertiary/aromatic N) is 1. The molecule has 1 N–H and O–H groups in total. The number of halogens is 1. The van der Waals surface area contributed by atoms with Crippen molar-refractivity contribution in [2.45, 2.75) is 26.8 Å². The van der Waals surface area contributed by atoms with Crippen LogP contribution in [0.5, 0.6) is 0 Å². The van der Waals surface area contributed by atoms with Crippen molar-refractivity contribution in [3.8, 4) is 11.1 Å². The number of aromatic amines is 1. The number of hydrogen-bond donors (Lipinski definition) is 1. The number of benzene rings is 1. The first-order valence-corrected chi connectivity index (χ1v) is 6.98. The number of aromatic nitrogens is 2. The van der Waals surface area contributed by atoms with Gasteiger partial charge < -0.3 is 9.55 Å². The molecule has 0 spiro atoms. The van der Waals surface area contributed by atoms with Gasteiger partial charge in [0.1, 0.15) is 5.82 Å². The third-order valence-electron chi connectivity index (χ3n) is 3.80. The first-order chi connectivity index (χ1) is 9.99. The topological polar surface area (TPSA) is 37.8 Å². The lowest BCUT2D eigenvalue weighted by Gasteiger charge is -2.12. The van der Waals surface area contributed by atoms with E-state index in [1.165, 1.54) is 12.1 Å². The molecule has 0 amide bonds. The van der Waals surface area contributed by atoms with Gasteiger partial charge in [0.15, 0.2) is 0 Å². The average molecular weight is 284 g/mol. The van der Waals surface area contributed by atoms with Gasteiger partial charge in [0.2, 0.25) is 5.56 Å². The summed E-state index contributed by atoms with van der Waals surface area (Å²) >= 11 is 0. The second-order valence-electron chi connectivity index (χ2n) is 5.53. The Morgan fingerprint density at radius 1 is 1.19 bits per heavy atom. The van der Waals surface area contributed by atoms with Crippen LogP contribution >= 0.6 is 0 Å². The second kappa shape index (κ2) is 4.88. The molecule has 3 aromatic rings. The van der Waals surface area contributed by atoms with E-state index >= 15 is 0 Å². The molecule has 0 atom stereocenters. The molecule has 0 aliphatic rings. The van der Waals surface area contributed by atoms with Gasteiger partial charge in [0.05, 0.1) is 5.52 Å². The van der Waals surface area contributed by atoms with Crippen LogP contribution in [0.15, 0.2) is 41.3 Å². The van der Waals surface area contributed by atoms with Crippen molar-refractivity contribution in [2.75, 3.05) is 0 Å². The first-order valence-electron chi connectivity index (χ1n) is 6.98. The summed E-state index contributed by atoms with van der Waals surface area (Å²) in [6.07, 6.45) is 1.74. The molecular formula is C17H17FN2O. The molecular weight excluding hydrogens is 267 g/mol. The minimum absolute atomic E-state index is 0.118. The second-order valence-corrected chi connectivity index (χ2v) is 5.53. The van der Waals surface area contributed by atoms with Crippen LogP contribution in [0.4, 0.5) is 4.39 Å². The quantitative estimate of drug-likeness (QED) is 0.758. The van der Waals surface area contributed by atoms with E-state index in [0.717, 1.165) is 27.7 Å². The zero-order chi connectivity index (χ0) is 15.1. The molecule has 0 saturated carbocycles. The van der Waals surface area contributed by atoms with Gasteiger partial charge in [-0.15, -0.1) is 0 Å². The summed E-state index contributed by atoms with van der Waals surface area (Å²) in [6, 6.07) is 8.32. The highest BCUT2D eigenvalue weighted by atomic mass is 19.1. The normalized spacial score (nSPS) is 11.5. The van der Waals surface area contributed by atoms with Crippen LogP contribution in [0.3, 0.4) is 0 Å². The van der Waals surface area contributed by atoms with Gasteiger partial charge in [-0.2, -0.15) is 0 Å². The highest BCUT2D eigenvalue weighted by Gasteiger charge is 2.17. The fourth-order valence-corrected chi connectivity index (χ4v) is 3.00. The molecule has 108 valence electrons. The van der Waals surface area contributed by atoms with Crippen molar-refractivity contribution in [2.24, 2.45) is 0 Å². The molecule has 2 heterocycles. The lowest BCUT2D eigenvalue weighted by atomic mass is 10.0. The molecule has 21 heavy (non-hydrogen) atoms. The molecule has 2 aromatic heterocycles. The lowest BCUT2D eigenvalue weighted by Crippen LogP contribution is -2.06. The Morgan fingerprint density at radius 3 is 2.48 bits per heavy atom. The number of rotatable bonds is 2. The summed E-state index contributed by atoms with van der Waals surface area (Å²) in [5, 5.41) is 0.979. The zero-order valence-electron chi connectivity index (χ0n) is 12.3. The molecule has 3 rings (SSSR count). The molecule has 0 fully saturated rings. The van der Waals surface area contributed by atoms with Crippen LogP contribution in [0.2, 0.25) is 0 Å². The Morgan fingerprint density at radius 2 is 1.86 bits per heavy atom. The summed E-state index contributed by atoms with van der Waals surface area (Å²) in [5.41, 5.74) is 3.85. The third kappa shape index (κ3) is 2.17. The molecule has 0 saturated heterocycles. The fraction of sp³-hybridized carbons (Fsp3) is 0.235. The van der Waals surface area contributed by atoms with E-state index in [-0.39, 0.29) is 17.4 Å². The van der Waals surface area contributed by atoms with Crippen LogP contribution in [-0.2, 0) is 0 Å². The SMILES string of the molecule is Cc1c(-c2ccc(F)cc2)c2c[nH]c(=O)cc2n1C(C)C. The van der Waals surface area contributed by atoms with E-state index < -0.39 is 0 Å². The van der Waals surface area contributed by atoms with Gasteiger partial charge >= 0.3 is 0 Å². The van der Waals surface area contributed by atoms with E-state index in [9.17, 15) is 9.18 Å². The average Bonchev–Trinajstić information content (AvgIpc) is 2.71. The van der Waals surface area contributed by atoms with Crippen molar-refractivity contribution in [1.29, 1.82) is 0 Å². The van der Waals surface area contributed by atoms with Crippen molar-refractivity contribution in [3.05, 3.63) is 58.4 Å². The smallest absolute Gasteiger partial charge is 0.250 e. The maximum Gasteiger partial charge on any atom is 0.250 e. The van der Waals surface area contributed by atoms with Crippen molar-refractivity contribution < 1.29 is 4.39 Å². The van der Waals surface area contributed by atoms with E-state index in [1.807, 2.05) is 6.92 Å². The van der Waals surface area contributed by atoms with E-state index in [1.54, 1.807) is 24.4 Å². The molecule has 0 aliphatic carbocycles. The highest BCUT2D eigenvalue weighted by molar-refractivity contribution is 5.97. The maximum absolute atomic E-state index is 13.2. The molecule has 0 unspecified atom stereocenters. The van der Waals surface area contributed by atoms with Gasteiger partial charge in [-0.25, -0.2) is 4.39 Å². The lowest BCUT2D eigenvalue weighted by molar-refractivity contribution is 0.608. The van der Waals surface area contributed by atoms with Crippen molar-refractivity contribution in [3.63, 3.8) is 0 Å². The summed E-state index contributed by atoms with van der Waals surface area (Å²) in [4.78, 5) is 14.4.